The first-order chi connectivity index (χ1) is 13.9. The molecule has 0 atom stereocenters. The molecule has 0 bridgehead atoms. The molecule has 1 aromatic heterocycles. The normalized spacial score (nSPS) is 10.9. The van der Waals surface area contributed by atoms with Crippen LogP contribution in [-0.4, -0.2) is 15.5 Å². The Bertz CT molecular complexity index is 1300. The minimum absolute atomic E-state index is 0.134. The van der Waals surface area contributed by atoms with Gasteiger partial charge in [0.25, 0.3) is 11.5 Å². The number of carbonyl (C=O) groups excluding carboxylic acids is 1. The number of fused-ring (bicyclic) bond motifs is 1. The Morgan fingerprint density at radius 3 is 2.55 bits per heavy atom. The smallest absolute Gasteiger partial charge is 0.265 e. The number of hydrogen-bond donors (Lipinski definition) is 1. The first-order valence-electron chi connectivity index (χ1n) is 8.79. The lowest BCUT2D eigenvalue weighted by Crippen LogP contribution is -2.22. The lowest BCUT2D eigenvalue weighted by Gasteiger charge is -2.12. The molecule has 0 aliphatic heterocycles. The fraction of sp³-hybridized carbons (Fsp3) is 0.0455. The van der Waals surface area contributed by atoms with Crippen LogP contribution in [0.4, 0.5) is 5.69 Å². The topological polar surface area (TPSA) is 64.0 Å². The predicted octanol–water partition coefficient (Wildman–Crippen LogP) is 5.36. The van der Waals surface area contributed by atoms with Crippen LogP contribution in [0.1, 0.15) is 16.2 Å². The summed E-state index contributed by atoms with van der Waals surface area (Å²) in [7, 11) is 0. The van der Waals surface area contributed by atoms with Crippen molar-refractivity contribution in [2.75, 3.05) is 5.32 Å². The first-order valence-corrected chi connectivity index (χ1v) is 9.96. The number of aromatic nitrogens is 2. The highest BCUT2D eigenvalue weighted by Gasteiger charge is 2.13. The van der Waals surface area contributed by atoms with Gasteiger partial charge in [0.05, 0.1) is 27.2 Å². The van der Waals surface area contributed by atoms with Crippen molar-refractivity contribution in [3.63, 3.8) is 0 Å². The fourth-order valence-corrected chi connectivity index (χ4v) is 3.68. The van der Waals surface area contributed by atoms with Crippen molar-refractivity contribution in [1.82, 2.24) is 9.55 Å². The molecule has 0 saturated heterocycles. The molecule has 29 heavy (non-hydrogen) atoms. The molecule has 0 fully saturated rings. The van der Waals surface area contributed by atoms with E-state index in [2.05, 4.69) is 26.2 Å². The number of nitrogens with zero attached hydrogens (tertiary/aromatic N) is 2. The fourth-order valence-electron chi connectivity index (χ4n) is 3.11. The van der Waals surface area contributed by atoms with Crippen LogP contribution in [0.2, 0.25) is 5.02 Å². The summed E-state index contributed by atoms with van der Waals surface area (Å²) in [5.74, 6) is 0.274. The summed E-state index contributed by atoms with van der Waals surface area (Å²) in [6, 6.07) is 19.3. The molecule has 144 valence electrons. The third kappa shape index (κ3) is 3.81. The SMILES string of the molecule is Cc1nc2ccccc2c(=O)n1-c1ccc(NC(=O)c2cc(Br)ccc2Cl)cc1. The second kappa shape index (κ2) is 7.81. The maximum Gasteiger partial charge on any atom is 0.265 e. The van der Waals surface area contributed by atoms with E-state index in [9.17, 15) is 9.59 Å². The molecular formula is C22H15BrClN3O2. The van der Waals surface area contributed by atoms with Crippen LogP contribution in [0.15, 0.2) is 76.0 Å². The van der Waals surface area contributed by atoms with E-state index < -0.39 is 0 Å². The van der Waals surface area contributed by atoms with Gasteiger partial charge in [0.1, 0.15) is 5.82 Å². The Kier molecular flexibility index (Phi) is 5.22. The van der Waals surface area contributed by atoms with Crippen molar-refractivity contribution < 1.29 is 4.79 Å². The number of hydrogen-bond acceptors (Lipinski definition) is 3. The maximum absolute atomic E-state index is 12.9. The second-order valence-corrected chi connectivity index (χ2v) is 7.76. The number of carbonyl (C=O) groups is 1. The number of rotatable bonds is 3. The second-order valence-electron chi connectivity index (χ2n) is 6.44. The van der Waals surface area contributed by atoms with Gasteiger partial charge in [0, 0.05) is 10.2 Å². The van der Waals surface area contributed by atoms with Crippen molar-refractivity contribution in [3.8, 4) is 5.69 Å². The highest BCUT2D eigenvalue weighted by Crippen LogP contribution is 2.23. The van der Waals surface area contributed by atoms with Crippen LogP contribution in [0.5, 0.6) is 0 Å². The van der Waals surface area contributed by atoms with Gasteiger partial charge in [0.15, 0.2) is 0 Å². The molecular weight excluding hydrogens is 454 g/mol. The average molecular weight is 469 g/mol. The average Bonchev–Trinajstić information content (AvgIpc) is 2.71. The van der Waals surface area contributed by atoms with E-state index in [1.54, 1.807) is 60.0 Å². The molecule has 7 heteroatoms. The van der Waals surface area contributed by atoms with Gasteiger partial charge in [-0.3, -0.25) is 14.2 Å². The number of para-hydroxylation sites is 1. The zero-order valence-electron chi connectivity index (χ0n) is 15.3. The van der Waals surface area contributed by atoms with E-state index in [0.29, 0.717) is 38.7 Å². The van der Waals surface area contributed by atoms with Gasteiger partial charge in [-0.25, -0.2) is 4.98 Å². The molecule has 1 amide bonds. The van der Waals surface area contributed by atoms with Gasteiger partial charge in [-0.15, -0.1) is 0 Å². The Morgan fingerprint density at radius 2 is 1.79 bits per heavy atom. The molecule has 1 heterocycles. The van der Waals surface area contributed by atoms with E-state index >= 15 is 0 Å². The van der Waals surface area contributed by atoms with Crippen LogP contribution in [0, 0.1) is 6.92 Å². The van der Waals surface area contributed by atoms with Crippen molar-refractivity contribution in [3.05, 3.63) is 98.0 Å². The summed E-state index contributed by atoms with van der Waals surface area (Å²) < 4.78 is 2.32. The molecule has 3 aromatic carbocycles. The Labute approximate surface area is 180 Å². The molecule has 4 aromatic rings. The molecule has 0 aliphatic carbocycles. The zero-order chi connectivity index (χ0) is 20.5. The highest BCUT2D eigenvalue weighted by molar-refractivity contribution is 9.10. The standard InChI is InChI=1S/C22H15BrClN3O2/c1-13-25-20-5-3-2-4-17(20)22(29)27(13)16-9-7-15(8-10-16)26-21(28)18-12-14(23)6-11-19(18)24/h2-12H,1H3,(H,26,28). The summed E-state index contributed by atoms with van der Waals surface area (Å²) in [5, 5.41) is 3.74. The zero-order valence-corrected chi connectivity index (χ0v) is 17.7. The highest BCUT2D eigenvalue weighted by atomic mass is 79.9. The van der Waals surface area contributed by atoms with Gasteiger partial charge in [-0.2, -0.15) is 0 Å². The van der Waals surface area contributed by atoms with Crippen molar-refractivity contribution >= 4 is 50.0 Å². The summed E-state index contributed by atoms with van der Waals surface area (Å²) >= 11 is 9.46. The van der Waals surface area contributed by atoms with Crippen LogP contribution < -0.4 is 10.9 Å². The van der Waals surface area contributed by atoms with Crippen LogP contribution in [0.25, 0.3) is 16.6 Å². The van der Waals surface area contributed by atoms with Gasteiger partial charge in [0.2, 0.25) is 0 Å². The third-order valence-electron chi connectivity index (χ3n) is 4.50. The quantitative estimate of drug-likeness (QED) is 0.440. The van der Waals surface area contributed by atoms with Crippen molar-refractivity contribution in [1.29, 1.82) is 0 Å². The van der Waals surface area contributed by atoms with Gasteiger partial charge < -0.3 is 5.32 Å². The van der Waals surface area contributed by atoms with E-state index in [-0.39, 0.29) is 11.5 Å². The number of halogens is 2. The van der Waals surface area contributed by atoms with Crippen LogP contribution >= 0.6 is 27.5 Å². The monoisotopic (exact) mass is 467 g/mol. The molecule has 0 radical (unpaired) electrons. The minimum atomic E-state index is -0.315. The maximum atomic E-state index is 12.9. The van der Waals surface area contributed by atoms with Crippen LogP contribution in [-0.2, 0) is 0 Å². The van der Waals surface area contributed by atoms with E-state index in [1.807, 2.05) is 18.2 Å². The molecule has 0 aliphatic rings. The third-order valence-corrected chi connectivity index (χ3v) is 5.32. The van der Waals surface area contributed by atoms with Gasteiger partial charge in [-0.05, 0) is 61.5 Å². The Balaban J connectivity index is 1.65. The molecule has 1 N–H and O–H groups in total. The van der Waals surface area contributed by atoms with Gasteiger partial charge in [-0.1, -0.05) is 39.7 Å². The minimum Gasteiger partial charge on any atom is -0.322 e. The number of benzene rings is 3. The molecule has 5 nitrogen and oxygen atoms in total. The first kappa shape index (κ1) is 19.4. The Hall–Kier alpha value is -2.96. The van der Waals surface area contributed by atoms with Crippen LogP contribution in [0.3, 0.4) is 0 Å². The molecule has 0 saturated carbocycles. The number of anilines is 1. The Morgan fingerprint density at radius 1 is 1.07 bits per heavy atom. The molecule has 4 rings (SSSR count). The number of nitrogens with one attached hydrogen (secondary N) is 1. The van der Waals surface area contributed by atoms with E-state index in [4.69, 9.17) is 11.6 Å². The van der Waals surface area contributed by atoms with E-state index in [0.717, 1.165) is 4.47 Å². The number of amides is 1. The van der Waals surface area contributed by atoms with Crippen molar-refractivity contribution in [2.24, 2.45) is 0 Å². The summed E-state index contributed by atoms with van der Waals surface area (Å²) in [4.78, 5) is 29.9. The molecule has 0 spiro atoms. The lowest BCUT2D eigenvalue weighted by molar-refractivity contribution is 0.102. The number of aryl methyl sites for hydroxylation is 1. The summed E-state index contributed by atoms with van der Waals surface area (Å²) in [6.07, 6.45) is 0. The summed E-state index contributed by atoms with van der Waals surface area (Å²) in [5.41, 5.74) is 2.17. The molecule has 0 unspecified atom stereocenters. The van der Waals surface area contributed by atoms with E-state index in [1.165, 1.54) is 0 Å². The van der Waals surface area contributed by atoms with Gasteiger partial charge >= 0.3 is 0 Å². The predicted molar refractivity (Wildman–Crippen MR) is 119 cm³/mol. The van der Waals surface area contributed by atoms with Crippen molar-refractivity contribution in [2.45, 2.75) is 6.92 Å². The lowest BCUT2D eigenvalue weighted by atomic mass is 10.2. The largest absolute Gasteiger partial charge is 0.322 e. The summed E-state index contributed by atoms with van der Waals surface area (Å²) in [6.45, 7) is 1.79.